The summed E-state index contributed by atoms with van der Waals surface area (Å²) in [5.41, 5.74) is -0.0838. The van der Waals surface area contributed by atoms with Gasteiger partial charge < -0.3 is 18.6 Å². The standard InChI is InChI=1S/C22H16O6/c1-25-14-6-8-15(9-7-14)26-13-21(23)27-16-10-11-18-17-4-2-3-5-19(17)22(24)28-20(18)12-16/h2-12H,13H2,1H3. The van der Waals surface area contributed by atoms with Crippen LogP contribution in [0, 0.1) is 0 Å². The predicted molar refractivity (Wildman–Crippen MR) is 104 cm³/mol. The summed E-state index contributed by atoms with van der Waals surface area (Å²) in [5, 5.41) is 2.06. The van der Waals surface area contributed by atoms with Crippen LogP contribution in [0.5, 0.6) is 17.2 Å². The molecule has 1 heterocycles. The van der Waals surface area contributed by atoms with E-state index in [0.717, 1.165) is 10.8 Å². The van der Waals surface area contributed by atoms with Gasteiger partial charge in [-0.15, -0.1) is 0 Å². The molecule has 0 spiro atoms. The number of ether oxygens (including phenoxy) is 3. The Morgan fingerprint density at radius 1 is 0.857 bits per heavy atom. The lowest BCUT2D eigenvalue weighted by atomic mass is 10.1. The quantitative estimate of drug-likeness (QED) is 0.227. The van der Waals surface area contributed by atoms with Crippen molar-refractivity contribution in [3.8, 4) is 17.2 Å². The van der Waals surface area contributed by atoms with Gasteiger partial charge in [0, 0.05) is 11.5 Å². The fraction of sp³-hybridized carbons (Fsp3) is 0.0909. The number of rotatable bonds is 5. The largest absolute Gasteiger partial charge is 0.497 e. The van der Waals surface area contributed by atoms with Gasteiger partial charge in [0.2, 0.25) is 0 Å². The number of hydrogen-bond donors (Lipinski definition) is 0. The van der Waals surface area contributed by atoms with Gasteiger partial charge in [-0.25, -0.2) is 9.59 Å². The second kappa shape index (κ2) is 7.44. The molecule has 0 aliphatic rings. The van der Waals surface area contributed by atoms with Crippen molar-refractivity contribution < 1.29 is 23.4 Å². The molecule has 6 heteroatoms. The van der Waals surface area contributed by atoms with Gasteiger partial charge in [0.1, 0.15) is 22.8 Å². The van der Waals surface area contributed by atoms with Crippen molar-refractivity contribution in [1.29, 1.82) is 0 Å². The second-order valence-corrected chi connectivity index (χ2v) is 6.03. The number of carbonyl (C=O) groups is 1. The number of fused-ring (bicyclic) bond motifs is 3. The van der Waals surface area contributed by atoms with Gasteiger partial charge in [-0.1, -0.05) is 18.2 Å². The van der Waals surface area contributed by atoms with Crippen molar-refractivity contribution in [2.75, 3.05) is 13.7 Å². The molecular formula is C22H16O6. The molecule has 0 bridgehead atoms. The van der Waals surface area contributed by atoms with Crippen LogP contribution >= 0.6 is 0 Å². The number of benzene rings is 3. The molecule has 28 heavy (non-hydrogen) atoms. The highest BCUT2D eigenvalue weighted by molar-refractivity contribution is 6.04. The first-order valence-corrected chi connectivity index (χ1v) is 8.57. The van der Waals surface area contributed by atoms with E-state index in [1.807, 2.05) is 12.1 Å². The van der Waals surface area contributed by atoms with E-state index in [1.165, 1.54) is 6.07 Å². The number of esters is 1. The summed E-state index contributed by atoms with van der Waals surface area (Å²) in [5.74, 6) is 0.918. The Morgan fingerprint density at radius 3 is 2.29 bits per heavy atom. The maximum absolute atomic E-state index is 12.1. The first kappa shape index (κ1) is 17.6. The van der Waals surface area contributed by atoms with Crippen LogP contribution < -0.4 is 19.8 Å². The van der Waals surface area contributed by atoms with Gasteiger partial charge in [0.15, 0.2) is 6.61 Å². The first-order valence-electron chi connectivity index (χ1n) is 8.57. The molecule has 0 aliphatic carbocycles. The lowest BCUT2D eigenvalue weighted by Crippen LogP contribution is -2.17. The van der Waals surface area contributed by atoms with E-state index in [1.54, 1.807) is 55.6 Å². The summed E-state index contributed by atoms with van der Waals surface area (Å²) < 4.78 is 21.1. The lowest BCUT2D eigenvalue weighted by molar-refractivity contribution is -0.136. The molecule has 0 unspecified atom stereocenters. The maximum Gasteiger partial charge on any atom is 0.349 e. The molecule has 0 saturated carbocycles. The molecule has 0 radical (unpaired) electrons. The Morgan fingerprint density at radius 2 is 1.54 bits per heavy atom. The lowest BCUT2D eigenvalue weighted by Gasteiger charge is -2.08. The predicted octanol–water partition coefficient (Wildman–Crippen LogP) is 3.94. The van der Waals surface area contributed by atoms with Crippen molar-refractivity contribution >= 4 is 27.7 Å². The van der Waals surface area contributed by atoms with Crippen LogP contribution in [0.2, 0.25) is 0 Å². The molecule has 140 valence electrons. The van der Waals surface area contributed by atoms with E-state index in [9.17, 15) is 9.59 Å². The highest BCUT2D eigenvalue weighted by atomic mass is 16.6. The van der Waals surface area contributed by atoms with Crippen molar-refractivity contribution in [1.82, 2.24) is 0 Å². The third-order valence-electron chi connectivity index (χ3n) is 4.24. The van der Waals surface area contributed by atoms with Crippen LogP contribution in [0.3, 0.4) is 0 Å². The van der Waals surface area contributed by atoms with Gasteiger partial charge in [0.25, 0.3) is 0 Å². The zero-order valence-electron chi connectivity index (χ0n) is 15.0. The summed E-state index contributed by atoms with van der Waals surface area (Å²) in [7, 11) is 1.57. The van der Waals surface area contributed by atoms with E-state index in [4.69, 9.17) is 18.6 Å². The third kappa shape index (κ3) is 3.53. The van der Waals surface area contributed by atoms with E-state index in [0.29, 0.717) is 22.5 Å². The zero-order chi connectivity index (χ0) is 19.5. The summed E-state index contributed by atoms with van der Waals surface area (Å²) in [6, 6.07) is 19.0. The van der Waals surface area contributed by atoms with Crippen LogP contribution in [0.4, 0.5) is 0 Å². The minimum atomic E-state index is -0.571. The minimum absolute atomic E-state index is 0.258. The molecule has 4 aromatic rings. The topological polar surface area (TPSA) is 75.0 Å². The van der Waals surface area contributed by atoms with E-state index in [2.05, 4.69) is 0 Å². The fourth-order valence-electron chi connectivity index (χ4n) is 2.90. The molecule has 6 nitrogen and oxygen atoms in total. The monoisotopic (exact) mass is 376 g/mol. The summed E-state index contributed by atoms with van der Waals surface area (Å²) in [6.07, 6.45) is 0. The number of hydrogen-bond acceptors (Lipinski definition) is 6. The van der Waals surface area contributed by atoms with Crippen LogP contribution in [-0.4, -0.2) is 19.7 Å². The molecule has 0 amide bonds. The van der Waals surface area contributed by atoms with Gasteiger partial charge >= 0.3 is 11.6 Å². The van der Waals surface area contributed by atoms with Crippen molar-refractivity contribution in [3.05, 3.63) is 77.2 Å². The Labute approximate surface area is 159 Å². The molecule has 0 atom stereocenters. The summed E-state index contributed by atoms with van der Waals surface area (Å²) >= 11 is 0. The van der Waals surface area contributed by atoms with Gasteiger partial charge in [-0.3, -0.25) is 0 Å². The van der Waals surface area contributed by atoms with E-state index in [-0.39, 0.29) is 12.4 Å². The Kier molecular flexibility index (Phi) is 4.68. The molecule has 0 N–H and O–H groups in total. The van der Waals surface area contributed by atoms with E-state index < -0.39 is 11.6 Å². The van der Waals surface area contributed by atoms with Crippen LogP contribution in [0.15, 0.2) is 75.9 Å². The molecule has 0 fully saturated rings. The van der Waals surface area contributed by atoms with Crippen molar-refractivity contribution in [2.24, 2.45) is 0 Å². The molecule has 4 rings (SSSR count). The van der Waals surface area contributed by atoms with Crippen LogP contribution in [0.1, 0.15) is 0 Å². The average molecular weight is 376 g/mol. The second-order valence-electron chi connectivity index (χ2n) is 6.03. The molecule has 0 saturated heterocycles. The van der Waals surface area contributed by atoms with Crippen LogP contribution in [0.25, 0.3) is 21.7 Å². The molecular weight excluding hydrogens is 360 g/mol. The highest BCUT2D eigenvalue weighted by Crippen LogP contribution is 2.26. The van der Waals surface area contributed by atoms with Crippen molar-refractivity contribution in [2.45, 2.75) is 0 Å². The van der Waals surface area contributed by atoms with Gasteiger partial charge in [0.05, 0.1) is 12.5 Å². The van der Waals surface area contributed by atoms with E-state index >= 15 is 0 Å². The minimum Gasteiger partial charge on any atom is -0.497 e. The SMILES string of the molecule is COc1ccc(OCC(=O)Oc2ccc3c(c2)oc(=O)c2ccccc23)cc1. The normalized spacial score (nSPS) is 10.8. The highest BCUT2D eigenvalue weighted by Gasteiger charge is 2.11. The van der Waals surface area contributed by atoms with Crippen molar-refractivity contribution in [3.63, 3.8) is 0 Å². The Bertz CT molecular complexity index is 1210. The molecule has 3 aromatic carbocycles. The third-order valence-corrected chi connectivity index (χ3v) is 4.24. The number of carbonyl (C=O) groups excluding carboxylic acids is 1. The first-order chi connectivity index (χ1) is 13.6. The Balaban J connectivity index is 1.50. The van der Waals surface area contributed by atoms with Gasteiger partial charge in [-0.05, 0) is 47.9 Å². The Hall–Kier alpha value is -3.80. The summed E-state index contributed by atoms with van der Waals surface area (Å²) in [6.45, 7) is -0.258. The molecule has 0 aliphatic heterocycles. The number of methoxy groups -OCH3 is 1. The molecule has 1 aromatic heterocycles. The summed E-state index contributed by atoms with van der Waals surface area (Å²) in [4.78, 5) is 24.2. The maximum atomic E-state index is 12.1. The average Bonchev–Trinajstić information content (AvgIpc) is 2.73. The fourth-order valence-corrected chi connectivity index (χ4v) is 2.90. The zero-order valence-corrected chi connectivity index (χ0v) is 15.0. The van der Waals surface area contributed by atoms with Gasteiger partial charge in [-0.2, -0.15) is 0 Å². The van der Waals surface area contributed by atoms with Crippen LogP contribution in [-0.2, 0) is 4.79 Å². The smallest absolute Gasteiger partial charge is 0.349 e.